The number of halogens is 1. The molecule has 3 rings (SSSR count). The molecule has 2 unspecified atom stereocenters. The van der Waals surface area contributed by atoms with Crippen LogP contribution in [0.15, 0.2) is 4.90 Å². The van der Waals surface area contributed by atoms with Crippen LogP contribution in [-0.2, 0) is 16.6 Å². The summed E-state index contributed by atoms with van der Waals surface area (Å²) in [6.45, 7) is 10.3. The molecule has 3 heterocycles. The molecule has 0 aromatic carbocycles. The lowest BCUT2D eigenvalue weighted by Crippen LogP contribution is -2.42. The number of fused-ring (bicyclic) bond motifs is 2. The third-order valence-electron chi connectivity index (χ3n) is 4.98. The number of aryl methyl sites for hydroxylation is 1. The van der Waals surface area contributed by atoms with Crippen molar-refractivity contribution in [3.8, 4) is 0 Å². The van der Waals surface area contributed by atoms with Crippen LogP contribution in [0.5, 0.6) is 0 Å². The summed E-state index contributed by atoms with van der Waals surface area (Å²) in [6, 6.07) is 0.215. The molecule has 24 heavy (non-hydrogen) atoms. The van der Waals surface area contributed by atoms with E-state index in [1.807, 2.05) is 18.5 Å². The summed E-state index contributed by atoms with van der Waals surface area (Å²) in [5.74, 6) is 0.433. The molecule has 1 aromatic heterocycles. The van der Waals surface area contributed by atoms with E-state index in [9.17, 15) is 8.42 Å². The van der Waals surface area contributed by atoms with Gasteiger partial charge in [0.1, 0.15) is 4.90 Å². The highest BCUT2D eigenvalue weighted by atomic mass is 35.5. The van der Waals surface area contributed by atoms with Gasteiger partial charge in [0.05, 0.1) is 11.4 Å². The van der Waals surface area contributed by atoms with Crippen LogP contribution in [0.25, 0.3) is 0 Å². The largest absolute Gasteiger partial charge is 0.315 e. The van der Waals surface area contributed by atoms with Gasteiger partial charge >= 0.3 is 0 Å². The SMILES string of the molecule is Cc1nn(CC(C)C)c(C)c1S(=O)(=O)N1C2CCNCC1CC2.Cl. The fourth-order valence-electron chi connectivity index (χ4n) is 4.01. The second-order valence-electron chi connectivity index (χ2n) is 7.29. The molecule has 1 N–H and O–H groups in total. The van der Waals surface area contributed by atoms with Crippen LogP contribution < -0.4 is 5.32 Å². The highest BCUT2D eigenvalue weighted by molar-refractivity contribution is 7.89. The van der Waals surface area contributed by atoms with Crippen molar-refractivity contribution in [3.63, 3.8) is 0 Å². The van der Waals surface area contributed by atoms with Crippen molar-refractivity contribution in [2.75, 3.05) is 13.1 Å². The van der Waals surface area contributed by atoms with Crippen molar-refractivity contribution < 1.29 is 8.42 Å². The summed E-state index contributed by atoms with van der Waals surface area (Å²) in [6.07, 6.45) is 2.83. The Bertz CT molecular complexity index is 672. The molecule has 2 saturated heterocycles. The fourth-order valence-corrected chi connectivity index (χ4v) is 6.29. The Morgan fingerprint density at radius 2 is 1.88 bits per heavy atom. The maximum absolute atomic E-state index is 13.4. The first-order valence-electron chi connectivity index (χ1n) is 8.60. The number of hydrogen-bond acceptors (Lipinski definition) is 4. The highest BCUT2D eigenvalue weighted by Gasteiger charge is 2.44. The first-order chi connectivity index (χ1) is 10.8. The Balaban J connectivity index is 0.00000208. The van der Waals surface area contributed by atoms with Gasteiger partial charge in [-0.05, 0) is 45.6 Å². The standard InChI is InChI=1S/C16H28N4O2S.ClH/c1-11(2)10-19-13(4)16(12(3)18-19)23(21,22)20-14-5-6-15(20)9-17-8-7-14;/h11,14-15,17H,5-10H2,1-4H3;1H. The molecule has 0 aliphatic carbocycles. The van der Waals surface area contributed by atoms with Gasteiger partial charge in [-0.2, -0.15) is 9.40 Å². The summed E-state index contributed by atoms with van der Waals surface area (Å²) in [7, 11) is -3.49. The molecule has 2 fully saturated rings. The van der Waals surface area contributed by atoms with Crippen LogP contribution in [0, 0.1) is 19.8 Å². The van der Waals surface area contributed by atoms with E-state index in [1.165, 1.54) is 0 Å². The van der Waals surface area contributed by atoms with Crippen LogP contribution in [0.3, 0.4) is 0 Å². The van der Waals surface area contributed by atoms with Gasteiger partial charge in [-0.25, -0.2) is 8.42 Å². The first-order valence-corrected chi connectivity index (χ1v) is 10.0. The maximum atomic E-state index is 13.4. The van der Waals surface area contributed by atoms with E-state index < -0.39 is 10.0 Å². The predicted octanol–water partition coefficient (Wildman–Crippen LogP) is 2.09. The monoisotopic (exact) mass is 376 g/mol. The number of rotatable bonds is 4. The number of sulfonamides is 1. The van der Waals surface area contributed by atoms with Crippen LogP contribution in [0.2, 0.25) is 0 Å². The average molecular weight is 377 g/mol. The molecule has 0 saturated carbocycles. The van der Waals surface area contributed by atoms with E-state index >= 15 is 0 Å². The molecule has 0 amide bonds. The molecule has 2 atom stereocenters. The zero-order valence-electron chi connectivity index (χ0n) is 14.9. The van der Waals surface area contributed by atoms with Gasteiger partial charge in [0.15, 0.2) is 0 Å². The normalized spacial score (nSPS) is 24.9. The van der Waals surface area contributed by atoms with Crippen molar-refractivity contribution in [1.29, 1.82) is 0 Å². The minimum atomic E-state index is -3.49. The van der Waals surface area contributed by atoms with Crippen LogP contribution in [0.1, 0.15) is 44.5 Å². The van der Waals surface area contributed by atoms with Crippen molar-refractivity contribution >= 4 is 22.4 Å². The summed E-state index contributed by atoms with van der Waals surface area (Å²) < 4.78 is 30.4. The van der Waals surface area contributed by atoms with Crippen molar-refractivity contribution in [1.82, 2.24) is 19.4 Å². The Labute approximate surface area is 151 Å². The zero-order valence-corrected chi connectivity index (χ0v) is 16.6. The molecule has 6 nitrogen and oxygen atoms in total. The average Bonchev–Trinajstić information content (AvgIpc) is 2.85. The Morgan fingerprint density at radius 3 is 2.54 bits per heavy atom. The minimum absolute atomic E-state index is 0. The van der Waals surface area contributed by atoms with E-state index in [0.717, 1.165) is 44.6 Å². The Hall–Kier alpha value is -0.630. The summed E-state index contributed by atoms with van der Waals surface area (Å²) in [5.41, 5.74) is 1.40. The van der Waals surface area contributed by atoms with E-state index in [-0.39, 0.29) is 24.5 Å². The third-order valence-corrected chi connectivity index (χ3v) is 7.23. The molecule has 138 valence electrons. The van der Waals surface area contributed by atoms with E-state index in [0.29, 0.717) is 16.5 Å². The lowest BCUT2D eigenvalue weighted by Gasteiger charge is -2.27. The van der Waals surface area contributed by atoms with E-state index in [1.54, 1.807) is 4.31 Å². The maximum Gasteiger partial charge on any atom is 0.247 e. The summed E-state index contributed by atoms with van der Waals surface area (Å²) in [5, 5.41) is 7.87. The minimum Gasteiger partial charge on any atom is -0.315 e. The van der Waals surface area contributed by atoms with E-state index in [2.05, 4.69) is 24.3 Å². The quantitative estimate of drug-likeness (QED) is 0.873. The molecule has 2 aliphatic heterocycles. The first kappa shape index (κ1) is 19.7. The van der Waals surface area contributed by atoms with Crippen LogP contribution in [-0.4, -0.2) is 47.7 Å². The van der Waals surface area contributed by atoms with Gasteiger partial charge in [0, 0.05) is 25.2 Å². The molecule has 0 spiro atoms. The third kappa shape index (κ3) is 3.36. The van der Waals surface area contributed by atoms with Gasteiger partial charge in [0.25, 0.3) is 0 Å². The van der Waals surface area contributed by atoms with Crippen LogP contribution >= 0.6 is 12.4 Å². The zero-order chi connectivity index (χ0) is 16.8. The summed E-state index contributed by atoms with van der Waals surface area (Å²) in [4.78, 5) is 0.428. The van der Waals surface area contributed by atoms with Gasteiger partial charge in [-0.1, -0.05) is 13.8 Å². The molecular formula is C16H29ClN4O2S. The molecule has 2 aliphatic rings. The molecule has 0 radical (unpaired) electrons. The smallest absolute Gasteiger partial charge is 0.247 e. The number of nitrogens with one attached hydrogen (secondary N) is 1. The fraction of sp³-hybridized carbons (Fsp3) is 0.812. The second-order valence-corrected chi connectivity index (χ2v) is 9.07. The molecule has 1 aromatic rings. The topological polar surface area (TPSA) is 67.2 Å². The van der Waals surface area contributed by atoms with E-state index in [4.69, 9.17) is 0 Å². The highest BCUT2D eigenvalue weighted by Crippen LogP contribution is 2.35. The van der Waals surface area contributed by atoms with Crippen molar-refractivity contribution in [2.24, 2.45) is 5.92 Å². The number of aromatic nitrogens is 2. The predicted molar refractivity (Wildman–Crippen MR) is 97.1 cm³/mol. The Morgan fingerprint density at radius 1 is 1.21 bits per heavy atom. The van der Waals surface area contributed by atoms with Crippen molar-refractivity contribution in [2.45, 2.75) is 70.5 Å². The van der Waals surface area contributed by atoms with Gasteiger partial charge in [-0.15, -0.1) is 12.4 Å². The van der Waals surface area contributed by atoms with Gasteiger partial charge < -0.3 is 5.32 Å². The number of nitrogens with zero attached hydrogens (tertiary/aromatic N) is 3. The lowest BCUT2D eigenvalue weighted by atomic mass is 10.1. The summed E-state index contributed by atoms with van der Waals surface area (Å²) >= 11 is 0. The molecule has 2 bridgehead atoms. The Kier molecular flexibility index (Phi) is 6.00. The van der Waals surface area contributed by atoms with Crippen LogP contribution in [0.4, 0.5) is 0 Å². The van der Waals surface area contributed by atoms with Crippen molar-refractivity contribution in [3.05, 3.63) is 11.4 Å². The second kappa shape index (κ2) is 7.32. The number of hydrogen-bond donors (Lipinski definition) is 1. The van der Waals surface area contributed by atoms with Gasteiger partial charge in [0.2, 0.25) is 10.0 Å². The molecular weight excluding hydrogens is 348 g/mol. The lowest BCUT2D eigenvalue weighted by molar-refractivity contribution is 0.334. The molecule has 8 heteroatoms. The van der Waals surface area contributed by atoms with Gasteiger partial charge in [-0.3, -0.25) is 4.68 Å².